The fourth-order valence-corrected chi connectivity index (χ4v) is 3.53. The van der Waals surface area contributed by atoms with E-state index in [4.69, 9.17) is 11.5 Å². The summed E-state index contributed by atoms with van der Waals surface area (Å²) < 4.78 is 0. The number of hydrogen-bond acceptors (Lipinski definition) is 7. The van der Waals surface area contributed by atoms with Crippen molar-refractivity contribution in [1.82, 2.24) is 16.0 Å². The number of aliphatic carboxylic acids is 1. The van der Waals surface area contributed by atoms with Crippen LogP contribution in [0.5, 0.6) is 5.75 Å². The van der Waals surface area contributed by atoms with Crippen molar-refractivity contribution in [2.45, 2.75) is 77.5 Å². The summed E-state index contributed by atoms with van der Waals surface area (Å²) in [7, 11) is 0. The number of hydrogen-bond donors (Lipinski definition) is 7. The highest BCUT2D eigenvalue weighted by Crippen LogP contribution is 2.13. The van der Waals surface area contributed by atoms with Crippen LogP contribution >= 0.6 is 0 Å². The van der Waals surface area contributed by atoms with E-state index in [2.05, 4.69) is 16.0 Å². The van der Waals surface area contributed by atoms with Crippen molar-refractivity contribution in [3.05, 3.63) is 29.8 Å². The van der Waals surface area contributed by atoms with E-state index in [9.17, 15) is 34.2 Å². The lowest BCUT2D eigenvalue weighted by atomic mass is 9.99. The lowest BCUT2D eigenvalue weighted by molar-refractivity contribution is -0.142. The Balaban J connectivity index is 3.10. The van der Waals surface area contributed by atoms with Crippen molar-refractivity contribution in [1.29, 1.82) is 0 Å². The number of carbonyl (C=O) groups excluding carboxylic acids is 4. The van der Waals surface area contributed by atoms with Gasteiger partial charge >= 0.3 is 5.97 Å². The minimum atomic E-state index is -1.20. The molecule has 12 nitrogen and oxygen atoms in total. The van der Waals surface area contributed by atoms with Gasteiger partial charge in [0.15, 0.2) is 0 Å². The number of phenols is 1. The molecule has 4 unspecified atom stereocenters. The van der Waals surface area contributed by atoms with Crippen LogP contribution in [-0.4, -0.2) is 64.0 Å². The summed E-state index contributed by atoms with van der Waals surface area (Å²) >= 11 is 0. The second-order valence-electron chi connectivity index (χ2n) is 9.80. The molecule has 0 aliphatic rings. The second kappa shape index (κ2) is 14.8. The number of aromatic hydroxyl groups is 1. The summed E-state index contributed by atoms with van der Waals surface area (Å²) in [6.07, 6.45) is 0.104. The van der Waals surface area contributed by atoms with Gasteiger partial charge in [-0.05, 0) is 42.4 Å². The molecule has 4 atom stereocenters. The van der Waals surface area contributed by atoms with Crippen molar-refractivity contribution in [3.8, 4) is 5.75 Å². The van der Waals surface area contributed by atoms with Gasteiger partial charge in [-0.1, -0.05) is 39.8 Å². The molecular formula is C25H39N5O7. The molecule has 12 heteroatoms. The van der Waals surface area contributed by atoms with Crippen molar-refractivity contribution in [2.24, 2.45) is 23.3 Å². The van der Waals surface area contributed by atoms with E-state index >= 15 is 0 Å². The van der Waals surface area contributed by atoms with Crippen LogP contribution in [0.15, 0.2) is 24.3 Å². The largest absolute Gasteiger partial charge is 0.508 e. The first-order chi connectivity index (χ1) is 17.2. The van der Waals surface area contributed by atoms with Gasteiger partial charge in [-0.3, -0.25) is 19.2 Å². The van der Waals surface area contributed by atoms with E-state index in [0.717, 1.165) is 0 Å². The summed E-state index contributed by atoms with van der Waals surface area (Å²) in [5, 5.41) is 26.7. The molecule has 0 aromatic heterocycles. The molecule has 1 aromatic carbocycles. The summed E-state index contributed by atoms with van der Waals surface area (Å²) in [4.78, 5) is 61.5. The number of carbonyl (C=O) groups is 5. The average molecular weight is 522 g/mol. The first-order valence-electron chi connectivity index (χ1n) is 12.2. The number of carboxylic acid groups (broad SMARTS) is 1. The number of phenolic OH excluding ortho intramolecular Hbond substituents is 1. The molecule has 0 bridgehead atoms. The summed E-state index contributed by atoms with van der Waals surface area (Å²) in [6, 6.07) is 1.54. The molecule has 0 heterocycles. The van der Waals surface area contributed by atoms with Crippen molar-refractivity contribution in [3.63, 3.8) is 0 Å². The Morgan fingerprint density at radius 3 is 1.92 bits per heavy atom. The first kappa shape index (κ1) is 31.4. The predicted molar refractivity (Wildman–Crippen MR) is 136 cm³/mol. The third-order valence-corrected chi connectivity index (χ3v) is 5.62. The molecule has 0 saturated heterocycles. The van der Waals surface area contributed by atoms with Gasteiger partial charge in [0.2, 0.25) is 23.6 Å². The number of nitrogens with two attached hydrogens (primary N) is 2. The molecule has 9 N–H and O–H groups in total. The molecule has 37 heavy (non-hydrogen) atoms. The van der Waals surface area contributed by atoms with Crippen LogP contribution in [0.25, 0.3) is 0 Å². The average Bonchev–Trinajstić information content (AvgIpc) is 2.80. The van der Waals surface area contributed by atoms with Crippen LogP contribution in [0.1, 0.15) is 52.5 Å². The summed E-state index contributed by atoms with van der Waals surface area (Å²) in [5.41, 5.74) is 11.5. The summed E-state index contributed by atoms with van der Waals surface area (Å²) in [5.74, 6) is -4.22. The minimum Gasteiger partial charge on any atom is -0.508 e. The standard InChI is InChI=1S/C25H39N5O7/c1-13(2)11-19(25(36)37)29-23(34)18(12-15-5-7-16(31)8-6-15)28-24(35)21(14(3)4)30-22(33)17(26)9-10-20(27)32/h5-8,13-14,17-19,21,31H,9-12,26H2,1-4H3,(H2,27,32)(H,28,35)(H,29,34)(H,30,33)(H,36,37). The van der Waals surface area contributed by atoms with Gasteiger partial charge in [0.25, 0.3) is 0 Å². The maximum Gasteiger partial charge on any atom is 0.326 e. The lowest BCUT2D eigenvalue weighted by Crippen LogP contribution is -2.59. The molecule has 206 valence electrons. The van der Waals surface area contributed by atoms with Crippen molar-refractivity contribution in [2.75, 3.05) is 0 Å². The van der Waals surface area contributed by atoms with Crippen molar-refractivity contribution >= 4 is 29.6 Å². The topological polar surface area (TPSA) is 214 Å². The molecule has 1 rings (SSSR count). The highest BCUT2D eigenvalue weighted by molar-refractivity contribution is 5.94. The zero-order chi connectivity index (χ0) is 28.3. The third kappa shape index (κ3) is 11.3. The second-order valence-corrected chi connectivity index (χ2v) is 9.80. The molecule has 0 spiro atoms. The lowest BCUT2D eigenvalue weighted by Gasteiger charge is -2.27. The van der Waals surface area contributed by atoms with Gasteiger partial charge in [-0.25, -0.2) is 4.79 Å². The van der Waals surface area contributed by atoms with Crippen LogP contribution < -0.4 is 27.4 Å². The Kier molecular flexibility index (Phi) is 12.5. The van der Waals surface area contributed by atoms with E-state index in [-0.39, 0.29) is 37.4 Å². The van der Waals surface area contributed by atoms with Gasteiger partial charge in [0, 0.05) is 12.8 Å². The van der Waals surface area contributed by atoms with Crippen LogP contribution in [-0.2, 0) is 30.4 Å². The molecule has 4 amide bonds. The van der Waals surface area contributed by atoms with E-state index in [1.807, 2.05) is 13.8 Å². The molecule has 0 radical (unpaired) electrons. The van der Waals surface area contributed by atoms with E-state index in [1.54, 1.807) is 26.0 Å². The molecular weight excluding hydrogens is 482 g/mol. The minimum absolute atomic E-state index is 0.00274. The Bertz CT molecular complexity index is 949. The van der Waals surface area contributed by atoms with Gasteiger partial charge in [0.05, 0.1) is 6.04 Å². The molecule has 0 fully saturated rings. The fraction of sp³-hybridized carbons (Fsp3) is 0.560. The monoisotopic (exact) mass is 521 g/mol. The Morgan fingerprint density at radius 2 is 1.43 bits per heavy atom. The van der Waals surface area contributed by atoms with E-state index in [1.165, 1.54) is 12.1 Å². The zero-order valence-electron chi connectivity index (χ0n) is 21.7. The Labute approximate surface area is 216 Å². The van der Waals surface area contributed by atoms with E-state index < -0.39 is 59.7 Å². The SMILES string of the molecule is CC(C)CC(NC(=O)C(Cc1ccc(O)cc1)NC(=O)C(NC(=O)C(N)CCC(N)=O)C(C)C)C(=O)O. The molecule has 0 aliphatic heterocycles. The number of amides is 4. The Morgan fingerprint density at radius 1 is 0.865 bits per heavy atom. The number of primary amides is 1. The molecule has 1 aromatic rings. The van der Waals surface area contributed by atoms with Crippen LogP contribution in [0.2, 0.25) is 0 Å². The molecule has 0 aliphatic carbocycles. The number of carboxylic acids is 1. The van der Waals surface area contributed by atoms with Crippen LogP contribution in [0, 0.1) is 11.8 Å². The zero-order valence-corrected chi connectivity index (χ0v) is 21.7. The van der Waals surface area contributed by atoms with Crippen LogP contribution in [0.4, 0.5) is 0 Å². The molecule has 0 saturated carbocycles. The van der Waals surface area contributed by atoms with Gasteiger partial charge < -0.3 is 37.6 Å². The van der Waals surface area contributed by atoms with E-state index in [0.29, 0.717) is 5.56 Å². The maximum atomic E-state index is 13.2. The third-order valence-electron chi connectivity index (χ3n) is 5.62. The summed E-state index contributed by atoms with van der Waals surface area (Å²) in [6.45, 7) is 7.03. The number of nitrogens with one attached hydrogen (secondary N) is 3. The van der Waals surface area contributed by atoms with Gasteiger partial charge in [0.1, 0.15) is 23.9 Å². The van der Waals surface area contributed by atoms with Crippen LogP contribution in [0.3, 0.4) is 0 Å². The smallest absolute Gasteiger partial charge is 0.326 e. The quantitative estimate of drug-likeness (QED) is 0.163. The predicted octanol–water partition coefficient (Wildman–Crippen LogP) is -0.231. The number of rotatable bonds is 15. The fourth-order valence-electron chi connectivity index (χ4n) is 3.53. The first-order valence-corrected chi connectivity index (χ1v) is 12.2. The Hall–Kier alpha value is -3.67. The normalized spacial score (nSPS) is 14.4. The van der Waals surface area contributed by atoms with Gasteiger partial charge in [-0.2, -0.15) is 0 Å². The number of benzene rings is 1. The highest BCUT2D eigenvalue weighted by Gasteiger charge is 2.32. The van der Waals surface area contributed by atoms with Crippen molar-refractivity contribution < 1.29 is 34.2 Å². The highest BCUT2D eigenvalue weighted by atomic mass is 16.4. The maximum absolute atomic E-state index is 13.2. The van der Waals surface area contributed by atoms with Gasteiger partial charge in [-0.15, -0.1) is 0 Å².